The standard InChI is InChI=1S/C17H18ClI/c1-10-8-11(2)13(4)16(12(10)3)17(18)14-6-5-7-15(19)9-14/h5-9,17H,1-4H3. The summed E-state index contributed by atoms with van der Waals surface area (Å²) in [6.45, 7) is 8.65. The zero-order valence-electron chi connectivity index (χ0n) is 11.7. The predicted molar refractivity (Wildman–Crippen MR) is 92.2 cm³/mol. The maximum absolute atomic E-state index is 6.75. The summed E-state index contributed by atoms with van der Waals surface area (Å²) in [6.07, 6.45) is 0. The Morgan fingerprint density at radius 3 is 2.05 bits per heavy atom. The third-order valence-electron chi connectivity index (χ3n) is 3.82. The van der Waals surface area contributed by atoms with Crippen molar-refractivity contribution in [1.82, 2.24) is 0 Å². The molecule has 0 fully saturated rings. The van der Waals surface area contributed by atoms with Crippen LogP contribution in [0.1, 0.15) is 38.8 Å². The van der Waals surface area contributed by atoms with Crippen LogP contribution in [0.25, 0.3) is 0 Å². The summed E-state index contributed by atoms with van der Waals surface area (Å²) in [7, 11) is 0. The van der Waals surface area contributed by atoms with Gasteiger partial charge < -0.3 is 0 Å². The molecular weight excluding hydrogens is 367 g/mol. The summed E-state index contributed by atoms with van der Waals surface area (Å²) in [5.41, 5.74) is 7.68. The highest BCUT2D eigenvalue weighted by molar-refractivity contribution is 14.1. The fourth-order valence-corrected chi connectivity index (χ4v) is 3.49. The van der Waals surface area contributed by atoms with Gasteiger partial charge in [-0.15, -0.1) is 11.6 Å². The van der Waals surface area contributed by atoms with Gasteiger partial charge in [-0.05, 0) is 95.8 Å². The van der Waals surface area contributed by atoms with Crippen LogP contribution in [0.3, 0.4) is 0 Å². The molecule has 0 aliphatic heterocycles. The van der Waals surface area contributed by atoms with Crippen LogP contribution in [0.5, 0.6) is 0 Å². The molecule has 0 aliphatic rings. The Bertz CT molecular complexity index is 591. The first-order valence-electron chi connectivity index (χ1n) is 6.38. The van der Waals surface area contributed by atoms with E-state index < -0.39 is 0 Å². The Morgan fingerprint density at radius 1 is 0.947 bits per heavy atom. The molecule has 0 saturated heterocycles. The summed E-state index contributed by atoms with van der Waals surface area (Å²) in [5.74, 6) is 0. The van der Waals surface area contributed by atoms with Gasteiger partial charge in [0.15, 0.2) is 0 Å². The van der Waals surface area contributed by atoms with Gasteiger partial charge in [-0.25, -0.2) is 0 Å². The van der Waals surface area contributed by atoms with Crippen LogP contribution in [0.15, 0.2) is 30.3 Å². The zero-order valence-corrected chi connectivity index (χ0v) is 14.6. The third kappa shape index (κ3) is 2.97. The van der Waals surface area contributed by atoms with Crippen LogP contribution >= 0.6 is 34.2 Å². The quantitative estimate of drug-likeness (QED) is 0.450. The zero-order chi connectivity index (χ0) is 14.2. The van der Waals surface area contributed by atoms with Gasteiger partial charge in [-0.1, -0.05) is 18.2 Å². The second-order valence-corrected chi connectivity index (χ2v) is 6.77. The molecule has 19 heavy (non-hydrogen) atoms. The molecule has 0 nitrogen and oxygen atoms in total. The molecule has 2 heteroatoms. The lowest BCUT2D eigenvalue weighted by Crippen LogP contribution is -2.03. The predicted octanol–water partition coefficient (Wildman–Crippen LogP) is 5.85. The largest absolute Gasteiger partial charge is 0.113 e. The van der Waals surface area contributed by atoms with Gasteiger partial charge in [0.2, 0.25) is 0 Å². The summed E-state index contributed by atoms with van der Waals surface area (Å²) < 4.78 is 1.22. The topological polar surface area (TPSA) is 0 Å². The molecule has 0 saturated carbocycles. The molecule has 0 heterocycles. The minimum absolute atomic E-state index is 0.0756. The Morgan fingerprint density at radius 2 is 1.53 bits per heavy atom. The monoisotopic (exact) mass is 384 g/mol. The van der Waals surface area contributed by atoms with E-state index in [-0.39, 0.29) is 5.38 Å². The van der Waals surface area contributed by atoms with E-state index in [2.05, 4.69) is 80.6 Å². The van der Waals surface area contributed by atoms with Crippen LogP contribution in [0, 0.1) is 31.3 Å². The number of halogens is 2. The number of hydrogen-bond donors (Lipinski definition) is 0. The van der Waals surface area contributed by atoms with Crippen LogP contribution in [-0.2, 0) is 0 Å². The summed E-state index contributed by atoms with van der Waals surface area (Å²) >= 11 is 9.09. The highest BCUT2D eigenvalue weighted by Crippen LogP contribution is 2.36. The van der Waals surface area contributed by atoms with Crippen molar-refractivity contribution in [3.63, 3.8) is 0 Å². The molecule has 0 bridgehead atoms. The molecule has 2 aromatic carbocycles. The van der Waals surface area contributed by atoms with E-state index in [0.717, 1.165) is 0 Å². The molecule has 0 amide bonds. The van der Waals surface area contributed by atoms with Gasteiger partial charge in [0.1, 0.15) is 0 Å². The van der Waals surface area contributed by atoms with E-state index in [1.54, 1.807) is 0 Å². The average Bonchev–Trinajstić information content (AvgIpc) is 2.36. The molecule has 100 valence electrons. The highest BCUT2D eigenvalue weighted by atomic mass is 127. The fourth-order valence-electron chi connectivity index (χ4n) is 2.46. The van der Waals surface area contributed by atoms with E-state index in [1.165, 1.54) is 37.0 Å². The first-order valence-corrected chi connectivity index (χ1v) is 7.90. The molecule has 2 rings (SSSR count). The van der Waals surface area contributed by atoms with Gasteiger partial charge >= 0.3 is 0 Å². The van der Waals surface area contributed by atoms with Crippen molar-refractivity contribution in [3.05, 3.63) is 67.3 Å². The smallest absolute Gasteiger partial charge is 0.0841 e. The number of rotatable bonds is 2. The fraction of sp³-hybridized carbons (Fsp3) is 0.294. The lowest BCUT2D eigenvalue weighted by Gasteiger charge is -2.20. The van der Waals surface area contributed by atoms with Crippen LogP contribution in [0.2, 0.25) is 0 Å². The Kier molecular flexibility index (Phi) is 4.57. The molecule has 1 atom stereocenters. The Labute approximate surface area is 134 Å². The minimum Gasteiger partial charge on any atom is -0.113 e. The van der Waals surface area contributed by atoms with Crippen molar-refractivity contribution in [3.8, 4) is 0 Å². The Balaban J connectivity index is 2.59. The summed E-state index contributed by atoms with van der Waals surface area (Å²) in [6, 6.07) is 10.7. The van der Waals surface area contributed by atoms with Crippen molar-refractivity contribution in [2.75, 3.05) is 0 Å². The second kappa shape index (κ2) is 5.84. The van der Waals surface area contributed by atoms with Gasteiger partial charge in [-0.2, -0.15) is 0 Å². The van der Waals surface area contributed by atoms with E-state index in [9.17, 15) is 0 Å². The van der Waals surface area contributed by atoms with Crippen molar-refractivity contribution in [1.29, 1.82) is 0 Å². The second-order valence-electron chi connectivity index (χ2n) is 5.09. The van der Waals surface area contributed by atoms with Gasteiger partial charge in [0, 0.05) is 3.57 Å². The molecule has 0 spiro atoms. The van der Waals surface area contributed by atoms with Crippen LogP contribution in [-0.4, -0.2) is 0 Å². The van der Waals surface area contributed by atoms with Crippen LogP contribution < -0.4 is 0 Å². The molecule has 0 aromatic heterocycles. The number of aryl methyl sites for hydroxylation is 2. The molecule has 1 unspecified atom stereocenters. The maximum Gasteiger partial charge on any atom is 0.0841 e. The van der Waals surface area contributed by atoms with Crippen molar-refractivity contribution in [2.24, 2.45) is 0 Å². The number of alkyl halides is 1. The molecule has 0 radical (unpaired) electrons. The van der Waals surface area contributed by atoms with Crippen LogP contribution in [0.4, 0.5) is 0 Å². The van der Waals surface area contributed by atoms with E-state index in [0.29, 0.717) is 0 Å². The van der Waals surface area contributed by atoms with E-state index in [4.69, 9.17) is 11.6 Å². The summed E-state index contributed by atoms with van der Waals surface area (Å²) in [4.78, 5) is 0. The number of benzene rings is 2. The lowest BCUT2D eigenvalue weighted by atomic mass is 9.90. The highest BCUT2D eigenvalue weighted by Gasteiger charge is 2.18. The van der Waals surface area contributed by atoms with E-state index in [1.807, 2.05) is 0 Å². The normalized spacial score (nSPS) is 12.5. The SMILES string of the molecule is Cc1cc(C)c(C)c(C(Cl)c2cccc(I)c2)c1C. The third-order valence-corrected chi connectivity index (χ3v) is 4.96. The minimum atomic E-state index is -0.0756. The lowest BCUT2D eigenvalue weighted by molar-refractivity contribution is 1.05. The first kappa shape index (κ1) is 14.9. The van der Waals surface area contributed by atoms with Crippen molar-refractivity contribution in [2.45, 2.75) is 33.1 Å². The van der Waals surface area contributed by atoms with Crippen molar-refractivity contribution < 1.29 is 0 Å². The molecule has 2 aromatic rings. The van der Waals surface area contributed by atoms with Gasteiger partial charge in [0.05, 0.1) is 5.38 Å². The summed E-state index contributed by atoms with van der Waals surface area (Å²) in [5, 5.41) is -0.0756. The van der Waals surface area contributed by atoms with Gasteiger partial charge in [-0.3, -0.25) is 0 Å². The van der Waals surface area contributed by atoms with Crippen molar-refractivity contribution >= 4 is 34.2 Å². The number of hydrogen-bond acceptors (Lipinski definition) is 0. The molecule has 0 N–H and O–H groups in total. The van der Waals surface area contributed by atoms with Gasteiger partial charge in [0.25, 0.3) is 0 Å². The van der Waals surface area contributed by atoms with E-state index >= 15 is 0 Å². The maximum atomic E-state index is 6.75. The first-order chi connectivity index (χ1) is 8.91. The Hall–Kier alpha value is -0.540. The average molecular weight is 385 g/mol. The molecular formula is C17H18ClI. The molecule has 0 aliphatic carbocycles.